The summed E-state index contributed by atoms with van der Waals surface area (Å²) in [5, 5.41) is 5.56. The maximum absolute atomic E-state index is 12.9. The molecule has 1 unspecified atom stereocenters. The van der Waals surface area contributed by atoms with Crippen LogP contribution in [0.2, 0.25) is 5.02 Å². The van der Waals surface area contributed by atoms with Crippen molar-refractivity contribution < 1.29 is 13.2 Å². The number of nitrogens with one attached hydrogen (secondary N) is 1. The molecule has 0 amide bonds. The number of hydrogen-bond acceptors (Lipinski definition) is 2. The zero-order valence-electron chi connectivity index (χ0n) is 11.0. The second kappa shape index (κ2) is 6.69. The Bertz CT molecular complexity index is 627. The molecule has 1 aromatic heterocycles. The molecule has 2 rings (SSSR count). The van der Waals surface area contributed by atoms with Crippen LogP contribution in [0.4, 0.5) is 13.2 Å². The van der Waals surface area contributed by atoms with E-state index in [0.717, 1.165) is 17.0 Å². The van der Waals surface area contributed by atoms with Gasteiger partial charge < -0.3 is 5.32 Å². The van der Waals surface area contributed by atoms with Gasteiger partial charge in [0, 0.05) is 9.35 Å². The molecule has 0 aliphatic carbocycles. The predicted molar refractivity (Wildman–Crippen MR) is 84.0 cm³/mol. The van der Waals surface area contributed by atoms with Gasteiger partial charge in [0.1, 0.15) is 0 Å². The maximum atomic E-state index is 12.9. The summed E-state index contributed by atoms with van der Waals surface area (Å²) in [5.41, 5.74) is -0.146. The molecule has 7 heteroatoms. The molecule has 0 fully saturated rings. The Morgan fingerprint density at radius 3 is 2.57 bits per heavy atom. The Balaban J connectivity index is 2.52. The van der Waals surface area contributed by atoms with Crippen LogP contribution in [-0.4, -0.2) is 6.54 Å². The minimum atomic E-state index is -4.37. The highest BCUT2D eigenvalue weighted by molar-refractivity contribution is 9.10. The molecule has 0 saturated heterocycles. The van der Waals surface area contributed by atoms with E-state index in [4.69, 9.17) is 11.6 Å². The molecule has 21 heavy (non-hydrogen) atoms. The van der Waals surface area contributed by atoms with E-state index < -0.39 is 11.7 Å². The van der Waals surface area contributed by atoms with E-state index in [9.17, 15) is 13.2 Å². The van der Waals surface area contributed by atoms with Crippen LogP contribution >= 0.6 is 38.9 Å². The van der Waals surface area contributed by atoms with E-state index >= 15 is 0 Å². The normalized spacial score (nSPS) is 13.4. The predicted octanol–water partition coefficient (Wildman–Crippen LogP) is 5.88. The van der Waals surface area contributed by atoms with E-state index in [0.29, 0.717) is 21.6 Å². The molecule has 1 N–H and O–H groups in total. The summed E-state index contributed by atoms with van der Waals surface area (Å²) in [4.78, 5) is 0.804. The smallest absolute Gasteiger partial charge is 0.306 e. The van der Waals surface area contributed by atoms with Crippen LogP contribution in [0.1, 0.15) is 29.0 Å². The fourth-order valence-electron chi connectivity index (χ4n) is 2.00. The fraction of sp³-hybridized carbons (Fsp3) is 0.286. The van der Waals surface area contributed by atoms with Crippen LogP contribution in [0.15, 0.2) is 34.1 Å². The van der Waals surface area contributed by atoms with Crippen LogP contribution in [0.25, 0.3) is 0 Å². The Morgan fingerprint density at radius 2 is 2.05 bits per heavy atom. The lowest BCUT2D eigenvalue weighted by molar-refractivity contribution is -0.137. The van der Waals surface area contributed by atoms with Crippen LogP contribution in [0.5, 0.6) is 0 Å². The number of hydrogen-bond donors (Lipinski definition) is 1. The quantitative estimate of drug-likeness (QED) is 0.678. The van der Waals surface area contributed by atoms with Crippen molar-refractivity contribution in [1.29, 1.82) is 0 Å². The Kier molecular flexibility index (Phi) is 5.35. The van der Waals surface area contributed by atoms with Gasteiger partial charge in [0.15, 0.2) is 0 Å². The molecule has 0 bridgehead atoms. The minimum absolute atomic E-state index is 0.376. The fourth-order valence-corrected chi connectivity index (χ4v) is 3.73. The van der Waals surface area contributed by atoms with Gasteiger partial charge in [-0.1, -0.05) is 34.5 Å². The monoisotopic (exact) mass is 397 g/mol. The highest BCUT2D eigenvalue weighted by Gasteiger charge is 2.32. The van der Waals surface area contributed by atoms with Gasteiger partial charge >= 0.3 is 6.18 Å². The Hall–Kier alpha value is -0.560. The first-order valence-electron chi connectivity index (χ1n) is 6.17. The Labute approximate surface area is 138 Å². The van der Waals surface area contributed by atoms with Gasteiger partial charge in [0.05, 0.1) is 16.6 Å². The highest BCUT2D eigenvalue weighted by Crippen LogP contribution is 2.39. The molecular formula is C14H12BrClF3NS. The van der Waals surface area contributed by atoms with E-state index in [2.05, 4.69) is 21.2 Å². The molecule has 0 radical (unpaired) electrons. The zero-order chi connectivity index (χ0) is 15.6. The molecule has 1 aromatic carbocycles. The van der Waals surface area contributed by atoms with Crippen LogP contribution in [-0.2, 0) is 6.18 Å². The summed E-state index contributed by atoms with van der Waals surface area (Å²) in [6.07, 6.45) is -4.37. The summed E-state index contributed by atoms with van der Waals surface area (Å²) in [5.74, 6) is 0. The highest BCUT2D eigenvalue weighted by atomic mass is 79.9. The lowest BCUT2D eigenvalue weighted by atomic mass is 10.0. The van der Waals surface area contributed by atoms with Gasteiger partial charge in [0.2, 0.25) is 0 Å². The number of rotatable bonds is 4. The molecule has 2 aromatic rings. The van der Waals surface area contributed by atoms with Crippen LogP contribution in [0.3, 0.4) is 0 Å². The second-order valence-corrected chi connectivity index (χ2v) is 6.57. The third kappa shape index (κ3) is 3.80. The summed E-state index contributed by atoms with van der Waals surface area (Å²) < 4.78 is 39.4. The standard InChI is InChI=1S/C14H12BrClF3NS/c1-2-20-12(13-11(16)5-6-21-13)9-7-8(14(17,18)19)3-4-10(9)15/h3-7,12,20H,2H2,1H3. The summed E-state index contributed by atoms with van der Waals surface area (Å²) in [7, 11) is 0. The van der Waals surface area contributed by atoms with E-state index in [-0.39, 0.29) is 6.04 Å². The van der Waals surface area contributed by atoms with Crippen LogP contribution < -0.4 is 5.32 Å². The average Bonchev–Trinajstić information content (AvgIpc) is 2.82. The van der Waals surface area contributed by atoms with Gasteiger partial charge in [-0.15, -0.1) is 11.3 Å². The lowest BCUT2D eigenvalue weighted by Gasteiger charge is -2.20. The van der Waals surface area contributed by atoms with E-state index in [1.54, 1.807) is 6.07 Å². The second-order valence-electron chi connectivity index (χ2n) is 4.36. The van der Waals surface area contributed by atoms with Crippen molar-refractivity contribution in [3.63, 3.8) is 0 Å². The topological polar surface area (TPSA) is 12.0 Å². The molecular weight excluding hydrogens is 387 g/mol. The number of thiophene rings is 1. The number of benzene rings is 1. The van der Waals surface area contributed by atoms with E-state index in [1.807, 2.05) is 12.3 Å². The SMILES string of the molecule is CCNC(c1cc(C(F)(F)F)ccc1Br)c1sccc1Cl. The molecule has 0 saturated carbocycles. The maximum Gasteiger partial charge on any atom is 0.416 e. The third-order valence-corrected chi connectivity index (χ3v) is 5.10. The van der Waals surface area contributed by atoms with Crippen molar-refractivity contribution >= 4 is 38.9 Å². The van der Waals surface area contributed by atoms with E-state index in [1.165, 1.54) is 17.4 Å². The zero-order valence-corrected chi connectivity index (χ0v) is 14.1. The third-order valence-electron chi connectivity index (χ3n) is 2.95. The average molecular weight is 399 g/mol. The van der Waals surface area contributed by atoms with Crippen molar-refractivity contribution in [2.75, 3.05) is 6.54 Å². The van der Waals surface area contributed by atoms with Crippen molar-refractivity contribution in [3.05, 3.63) is 55.1 Å². The van der Waals surface area contributed by atoms with Gasteiger partial charge in [0.25, 0.3) is 0 Å². The molecule has 1 nitrogen and oxygen atoms in total. The molecule has 0 aliphatic rings. The molecule has 1 heterocycles. The van der Waals surface area contributed by atoms with Crippen molar-refractivity contribution in [2.24, 2.45) is 0 Å². The van der Waals surface area contributed by atoms with Gasteiger partial charge in [-0.05, 0) is 41.8 Å². The molecule has 114 valence electrons. The van der Waals surface area contributed by atoms with Gasteiger partial charge in [-0.25, -0.2) is 0 Å². The summed E-state index contributed by atoms with van der Waals surface area (Å²) in [6, 6.07) is 5.01. The van der Waals surface area contributed by atoms with Crippen molar-refractivity contribution in [3.8, 4) is 0 Å². The largest absolute Gasteiger partial charge is 0.416 e. The summed E-state index contributed by atoms with van der Waals surface area (Å²) >= 11 is 10.9. The molecule has 0 aliphatic heterocycles. The first-order valence-corrected chi connectivity index (χ1v) is 8.22. The lowest BCUT2D eigenvalue weighted by Crippen LogP contribution is -2.22. The van der Waals surface area contributed by atoms with Crippen LogP contribution in [0, 0.1) is 0 Å². The number of halogens is 5. The first-order chi connectivity index (χ1) is 9.84. The molecule has 0 spiro atoms. The van der Waals surface area contributed by atoms with Crippen molar-refractivity contribution in [1.82, 2.24) is 5.32 Å². The minimum Gasteiger partial charge on any atom is -0.306 e. The van der Waals surface area contributed by atoms with Crippen molar-refractivity contribution in [2.45, 2.75) is 19.1 Å². The first kappa shape index (κ1) is 16.8. The summed E-state index contributed by atoms with van der Waals surface area (Å²) in [6.45, 7) is 2.51. The number of alkyl halides is 3. The Morgan fingerprint density at radius 1 is 1.33 bits per heavy atom. The van der Waals surface area contributed by atoms with Gasteiger partial charge in [-0.3, -0.25) is 0 Å². The van der Waals surface area contributed by atoms with Gasteiger partial charge in [-0.2, -0.15) is 13.2 Å². The molecule has 1 atom stereocenters.